The van der Waals surface area contributed by atoms with Crippen LogP contribution in [-0.4, -0.2) is 35.9 Å². The molecule has 0 bridgehead atoms. The van der Waals surface area contributed by atoms with E-state index in [4.69, 9.17) is 0 Å². The van der Waals surface area contributed by atoms with Crippen LogP contribution in [0.4, 0.5) is 0 Å². The number of piperidine rings is 1. The van der Waals surface area contributed by atoms with Gasteiger partial charge in [0.1, 0.15) is 5.60 Å². The zero-order chi connectivity index (χ0) is 16.0. The van der Waals surface area contributed by atoms with Gasteiger partial charge >= 0.3 is 0 Å². The van der Waals surface area contributed by atoms with Crippen molar-refractivity contribution in [2.75, 3.05) is 20.1 Å². The summed E-state index contributed by atoms with van der Waals surface area (Å²) >= 11 is 1.46. The van der Waals surface area contributed by atoms with E-state index in [1.54, 1.807) is 0 Å². The summed E-state index contributed by atoms with van der Waals surface area (Å²) in [5.41, 5.74) is 1.69. The molecule has 0 spiro atoms. The van der Waals surface area contributed by atoms with Gasteiger partial charge < -0.3 is 10.0 Å². The summed E-state index contributed by atoms with van der Waals surface area (Å²) in [5, 5.41) is 13.9. The zero-order valence-electron chi connectivity index (χ0n) is 13.3. The van der Waals surface area contributed by atoms with Crippen LogP contribution in [0.2, 0.25) is 0 Å². The molecule has 0 amide bonds. The Bertz CT molecular complexity index is 745. The summed E-state index contributed by atoms with van der Waals surface area (Å²) < 4.78 is 0. The molecule has 2 aromatic rings. The predicted octanol–water partition coefficient (Wildman–Crippen LogP) is 3.06. The molecular weight excluding hydrogens is 306 g/mol. The van der Waals surface area contributed by atoms with Gasteiger partial charge in [-0.05, 0) is 61.5 Å². The number of carbonyl (C=O) groups is 1. The molecule has 0 unspecified atom stereocenters. The number of fused-ring (bicyclic) bond motifs is 2. The number of hydrogen-bond donors (Lipinski definition) is 1. The van der Waals surface area contributed by atoms with Crippen molar-refractivity contribution < 1.29 is 9.90 Å². The van der Waals surface area contributed by atoms with E-state index in [0.29, 0.717) is 6.42 Å². The molecule has 1 atom stereocenters. The Morgan fingerprint density at radius 3 is 2.70 bits per heavy atom. The molecule has 120 valence electrons. The van der Waals surface area contributed by atoms with E-state index in [9.17, 15) is 9.90 Å². The first-order valence-corrected chi connectivity index (χ1v) is 9.09. The molecule has 3 nitrogen and oxygen atoms in total. The van der Waals surface area contributed by atoms with E-state index >= 15 is 0 Å². The van der Waals surface area contributed by atoms with Crippen LogP contribution in [0.3, 0.4) is 0 Å². The van der Waals surface area contributed by atoms with Crippen molar-refractivity contribution in [1.82, 2.24) is 4.90 Å². The van der Waals surface area contributed by atoms with Crippen LogP contribution in [0.5, 0.6) is 0 Å². The fourth-order valence-corrected chi connectivity index (χ4v) is 5.03. The quantitative estimate of drug-likeness (QED) is 0.875. The van der Waals surface area contributed by atoms with E-state index in [1.165, 1.54) is 11.3 Å². The highest BCUT2D eigenvalue weighted by molar-refractivity contribution is 7.12. The third-order valence-corrected chi connectivity index (χ3v) is 6.37. The molecule has 1 fully saturated rings. The fraction of sp³-hybridized carbons (Fsp3) is 0.421. The number of aliphatic hydroxyl groups is 1. The monoisotopic (exact) mass is 327 g/mol. The number of thiophene rings is 1. The maximum Gasteiger partial charge on any atom is 0.177 e. The molecule has 2 heterocycles. The average Bonchev–Trinajstić information content (AvgIpc) is 3.02. The molecule has 2 aliphatic rings. The lowest BCUT2D eigenvalue weighted by atomic mass is 9.71. The number of benzene rings is 1. The normalized spacial score (nSPS) is 25.7. The van der Waals surface area contributed by atoms with E-state index in [0.717, 1.165) is 47.5 Å². The van der Waals surface area contributed by atoms with Gasteiger partial charge in [0, 0.05) is 12.0 Å². The highest BCUT2D eigenvalue weighted by atomic mass is 32.1. The predicted molar refractivity (Wildman–Crippen MR) is 92.0 cm³/mol. The van der Waals surface area contributed by atoms with Crippen molar-refractivity contribution >= 4 is 17.1 Å². The van der Waals surface area contributed by atoms with Crippen LogP contribution in [-0.2, 0) is 12.0 Å². The van der Waals surface area contributed by atoms with E-state index in [1.807, 2.05) is 35.7 Å². The third kappa shape index (κ3) is 2.28. The maximum absolute atomic E-state index is 12.6. The number of Topliss-reactive ketones (excluding diaryl/α,β-unsaturated/α-hetero) is 1. The van der Waals surface area contributed by atoms with Crippen molar-refractivity contribution in [1.29, 1.82) is 0 Å². The van der Waals surface area contributed by atoms with E-state index in [-0.39, 0.29) is 11.7 Å². The minimum atomic E-state index is -1.04. The zero-order valence-corrected chi connectivity index (χ0v) is 14.1. The van der Waals surface area contributed by atoms with Crippen LogP contribution in [0.15, 0.2) is 35.7 Å². The Kier molecular flexibility index (Phi) is 3.63. The highest BCUT2D eigenvalue weighted by Gasteiger charge is 2.46. The van der Waals surface area contributed by atoms with Crippen molar-refractivity contribution in [2.45, 2.75) is 24.9 Å². The summed E-state index contributed by atoms with van der Waals surface area (Å²) in [5.74, 6) is 0.283. The SMILES string of the molecule is CN1CCC([C@@]2(O)c3ccccc3CC(=O)c3sccc32)CC1. The van der Waals surface area contributed by atoms with Crippen molar-refractivity contribution in [3.8, 4) is 0 Å². The van der Waals surface area contributed by atoms with Crippen LogP contribution in [0.25, 0.3) is 0 Å². The van der Waals surface area contributed by atoms with Crippen molar-refractivity contribution in [3.05, 3.63) is 57.3 Å². The Morgan fingerprint density at radius 2 is 1.91 bits per heavy atom. The van der Waals surface area contributed by atoms with Crippen molar-refractivity contribution in [3.63, 3.8) is 0 Å². The number of rotatable bonds is 1. The number of likely N-dealkylation sites (tertiary alicyclic amines) is 1. The van der Waals surface area contributed by atoms with Gasteiger partial charge in [0.05, 0.1) is 4.88 Å². The molecule has 4 rings (SSSR count). The number of nitrogens with zero attached hydrogens (tertiary/aromatic N) is 1. The molecule has 1 saturated heterocycles. The highest BCUT2D eigenvalue weighted by Crippen LogP contribution is 2.47. The van der Waals surface area contributed by atoms with Gasteiger partial charge in [-0.2, -0.15) is 0 Å². The first kappa shape index (κ1) is 15.1. The topological polar surface area (TPSA) is 40.5 Å². The van der Waals surface area contributed by atoms with Gasteiger partial charge in [-0.1, -0.05) is 24.3 Å². The van der Waals surface area contributed by atoms with Crippen molar-refractivity contribution in [2.24, 2.45) is 5.92 Å². The first-order chi connectivity index (χ1) is 11.1. The Morgan fingerprint density at radius 1 is 1.17 bits per heavy atom. The summed E-state index contributed by atoms with van der Waals surface area (Å²) in [6, 6.07) is 9.89. The minimum absolute atomic E-state index is 0.131. The van der Waals surface area contributed by atoms with Gasteiger partial charge in [-0.15, -0.1) is 11.3 Å². The maximum atomic E-state index is 12.6. The third-order valence-electron chi connectivity index (χ3n) is 5.42. The first-order valence-electron chi connectivity index (χ1n) is 8.21. The molecule has 4 heteroatoms. The lowest BCUT2D eigenvalue weighted by Crippen LogP contribution is -2.43. The van der Waals surface area contributed by atoms with Gasteiger partial charge in [-0.3, -0.25) is 4.79 Å². The smallest absolute Gasteiger partial charge is 0.177 e. The largest absolute Gasteiger partial charge is 0.380 e. The van der Waals surface area contributed by atoms with Gasteiger partial charge in [0.25, 0.3) is 0 Å². The molecule has 0 radical (unpaired) electrons. The van der Waals surface area contributed by atoms with Gasteiger partial charge in [-0.25, -0.2) is 0 Å². The lowest BCUT2D eigenvalue weighted by Gasteiger charge is -2.41. The van der Waals surface area contributed by atoms with Crippen LogP contribution in [0.1, 0.15) is 39.2 Å². The van der Waals surface area contributed by atoms with Gasteiger partial charge in [0.15, 0.2) is 5.78 Å². The van der Waals surface area contributed by atoms with Crippen LogP contribution >= 0.6 is 11.3 Å². The fourth-order valence-electron chi connectivity index (χ4n) is 4.14. The average molecular weight is 327 g/mol. The number of hydrogen-bond acceptors (Lipinski definition) is 4. The molecule has 1 aromatic carbocycles. The van der Waals surface area contributed by atoms with Crippen LogP contribution in [0, 0.1) is 5.92 Å². The molecular formula is C19H21NO2S. The van der Waals surface area contributed by atoms with E-state index < -0.39 is 5.60 Å². The standard InChI is InChI=1S/C19H21NO2S/c1-20-9-6-14(7-10-20)19(22)15-5-3-2-4-13(15)12-17(21)18-16(19)8-11-23-18/h2-5,8,11,14,22H,6-7,9-10,12H2,1H3/t19-/m1/s1. The summed E-state index contributed by atoms with van der Waals surface area (Å²) in [7, 11) is 2.13. The second kappa shape index (κ2) is 5.55. The summed E-state index contributed by atoms with van der Waals surface area (Å²) in [6.45, 7) is 1.98. The Labute approximate surface area is 140 Å². The number of ketones is 1. The lowest BCUT2D eigenvalue weighted by molar-refractivity contribution is -0.0110. The van der Waals surface area contributed by atoms with Gasteiger partial charge in [0.2, 0.25) is 0 Å². The second-order valence-corrected chi connectivity index (χ2v) is 7.68. The molecule has 0 saturated carbocycles. The Balaban J connectivity index is 1.91. The second-order valence-electron chi connectivity index (χ2n) is 6.76. The minimum Gasteiger partial charge on any atom is -0.380 e. The summed E-state index contributed by atoms with van der Waals surface area (Å²) in [4.78, 5) is 15.7. The Hall–Kier alpha value is -1.49. The molecule has 1 aliphatic heterocycles. The molecule has 1 aliphatic carbocycles. The summed E-state index contributed by atoms with van der Waals surface area (Å²) in [6.07, 6.45) is 2.29. The number of carbonyl (C=O) groups excluding carboxylic acids is 1. The molecule has 1 aromatic heterocycles. The molecule has 23 heavy (non-hydrogen) atoms. The molecule has 1 N–H and O–H groups in total. The van der Waals surface area contributed by atoms with Crippen LogP contribution < -0.4 is 0 Å². The van der Waals surface area contributed by atoms with E-state index in [2.05, 4.69) is 11.9 Å².